The van der Waals surface area contributed by atoms with Crippen molar-refractivity contribution < 1.29 is 14.6 Å². The summed E-state index contributed by atoms with van der Waals surface area (Å²) < 4.78 is 13.5. The Hall–Kier alpha value is -0.810. The Bertz CT molecular complexity index is 344. The van der Waals surface area contributed by atoms with Gasteiger partial charge < -0.3 is 15.9 Å². The van der Waals surface area contributed by atoms with Gasteiger partial charge in [-0.15, -0.1) is 0 Å². The molecule has 1 rings (SSSR count). The fourth-order valence-corrected chi connectivity index (χ4v) is 1.73. The first-order valence-corrected chi connectivity index (χ1v) is 4.96. The van der Waals surface area contributed by atoms with Crippen molar-refractivity contribution in [3.05, 3.63) is 21.9 Å². The standard InChI is InChI=1S/C9H11BrFNO2/c10-8-5(2-1-3-12)6(11)4-7(13)9(8)14/h4,13-14H,1-3,12H2. The fourth-order valence-electron chi connectivity index (χ4n) is 1.14. The molecule has 1 aromatic carbocycles. The summed E-state index contributed by atoms with van der Waals surface area (Å²) in [7, 11) is 0. The second kappa shape index (κ2) is 4.61. The lowest BCUT2D eigenvalue weighted by atomic mass is 10.1. The lowest BCUT2D eigenvalue weighted by Crippen LogP contribution is -2.02. The Morgan fingerprint density at radius 1 is 1.43 bits per heavy atom. The Kier molecular flexibility index (Phi) is 3.71. The SMILES string of the molecule is NCCCc1c(F)cc(O)c(O)c1Br. The van der Waals surface area contributed by atoms with Crippen molar-refractivity contribution >= 4 is 15.9 Å². The molecule has 0 radical (unpaired) electrons. The number of aromatic hydroxyl groups is 2. The molecule has 0 heterocycles. The van der Waals surface area contributed by atoms with E-state index in [0.717, 1.165) is 6.07 Å². The second-order valence-electron chi connectivity index (χ2n) is 2.91. The van der Waals surface area contributed by atoms with E-state index in [1.54, 1.807) is 0 Å². The molecule has 0 amide bonds. The topological polar surface area (TPSA) is 66.5 Å². The van der Waals surface area contributed by atoms with E-state index in [-0.39, 0.29) is 10.2 Å². The molecule has 3 nitrogen and oxygen atoms in total. The Morgan fingerprint density at radius 3 is 2.64 bits per heavy atom. The molecule has 1 aromatic rings. The van der Waals surface area contributed by atoms with Crippen LogP contribution in [0.3, 0.4) is 0 Å². The monoisotopic (exact) mass is 263 g/mol. The van der Waals surface area contributed by atoms with Crippen LogP contribution in [0.5, 0.6) is 11.5 Å². The number of nitrogens with two attached hydrogens (primary N) is 1. The summed E-state index contributed by atoms with van der Waals surface area (Å²) >= 11 is 3.02. The van der Waals surface area contributed by atoms with Gasteiger partial charge in [-0.1, -0.05) is 0 Å². The Morgan fingerprint density at radius 2 is 2.07 bits per heavy atom. The van der Waals surface area contributed by atoms with Crippen LogP contribution in [0.25, 0.3) is 0 Å². The zero-order valence-corrected chi connectivity index (χ0v) is 9.01. The maximum absolute atomic E-state index is 13.3. The highest BCUT2D eigenvalue weighted by Crippen LogP contribution is 2.37. The van der Waals surface area contributed by atoms with E-state index < -0.39 is 11.6 Å². The lowest BCUT2D eigenvalue weighted by Gasteiger charge is -2.08. The van der Waals surface area contributed by atoms with Crippen LogP contribution >= 0.6 is 15.9 Å². The smallest absolute Gasteiger partial charge is 0.172 e. The van der Waals surface area contributed by atoms with Gasteiger partial charge in [-0.3, -0.25) is 0 Å². The summed E-state index contributed by atoms with van der Waals surface area (Å²) in [6.45, 7) is 0.452. The van der Waals surface area contributed by atoms with Gasteiger partial charge in [0.25, 0.3) is 0 Å². The highest BCUT2D eigenvalue weighted by molar-refractivity contribution is 9.10. The van der Waals surface area contributed by atoms with Gasteiger partial charge in [-0.2, -0.15) is 0 Å². The molecule has 14 heavy (non-hydrogen) atoms. The van der Waals surface area contributed by atoms with Crippen molar-refractivity contribution in [2.75, 3.05) is 6.54 Å². The van der Waals surface area contributed by atoms with Gasteiger partial charge in [-0.05, 0) is 35.3 Å². The third-order valence-corrected chi connectivity index (χ3v) is 2.75. The normalized spacial score (nSPS) is 10.5. The van der Waals surface area contributed by atoms with E-state index in [2.05, 4.69) is 15.9 Å². The predicted molar refractivity (Wildman–Crippen MR) is 54.8 cm³/mol. The van der Waals surface area contributed by atoms with E-state index >= 15 is 0 Å². The third kappa shape index (κ3) is 2.16. The van der Waals surface area contributed by atoms with Gasteiger partial charge in [-0.25, -0.2) is 4.39 Å². The lowest BCUT2D eigenvalue weighted by molar-refractivity contribution is 0.395. The molecular formula is C9H11BrFNO2. The Labute approximate surface area is 89.5 Å². The number of phenols is 2. The molecule has 4 N–H and O–H groups in total. The highest BCUT2D eigenvalue weighted by Gasteiger charge is 2.14. The summed E-state index contributed by atoms with van der Waals surface area (Å²) in [5.41, 5.74) is 5.63. The molecule has 0 aliphatic rings. The summed E-state index contributed by atoms with van der Waals surface area (Å²) in [6, 6.07) is 0.895. The fraction of sp³-hybridized carbons (Fsp3) is 0.333. The molecule has 0 aromatic heterocycles. The van der Waals surface area contributed by atoms with Crippen molar-refractivity contribution in [3.8, 4) is 11.5 Å². The average molecular weight is 264 g/mol. The van der Waals surface area contributed by atoms with Crippen molar-refractivity contribution in [2.24, 2.45) is 5.73 Å². The maximum Gasteiger partial charge on any atom is 0.172 e. The first kappa shape index (κ1) is 11.3. The highest BCUT2D eigenvalue weighted by atomic mass is 79.9. The number of benzene rings is 1. The average Bonchev–Trinajstić information content (AvgIpc) is 2.14. The summed E-state index contributed by atoms with van der Waals surface area (Å²) in [6.07, 6.45) is 1.05. The molecule has 0 spiro atoms. The quantitative estimate of drug-likeness (QED) is 0.730. The minimum atomic E-state index is -0.541. The molecule has 0 fully saturated rings. The maximum atomic E-state index is 13.3. The van der Waals surface area contributed by atoms with Crippen LogP contribution < -0.4 is 5.73 Å². The minimum Gasteiger partial charge on any atom is -0.504 e. The van der Waals surface area contributed by atoms with Crippen LogP contribution in [-0.2, 0) is 6.42 Å². The zero-order valence-electron chi connectivity index (χ0n) is 7.43. The predicted octanol–water partition coefficient (Wildman–Crippen LogP) is 1.89. The van der Waals surface area contributed by atoms with Crippen LogP contribution in [0.15, 0.2) is 10.5 Å². The summed E-state index contributed by atoms with van der Waals surface area (Å²) in [5.74, 6) is -1.34. The van der Waals surface area contributed by atoms with Gasteiger partial charge in [0.2, 0.25) is 0 Å². The largest absolute Gasteiger partial charge is 0.504 e. The summed E-state index contributed by atoms with van der Waals surface area (Å²) in [4.78, 5) is 0. The van der Waals surface area contributed by atoms with E-state index in [4.69, 9.17) is 10.8 Å². The van der Waals surface area contributed by atoms with E-state index in [0.29, 0.717) is 24.9 Å². The van der Waals surface area contributed by atoms with Crippen LogP contribution in [0.4, 0.5) is 4.39 Å². The zero-order chi connectivity index (χ0) is 10.7. The van der Waals surface area contributed by atoms with Gasteiger partial charge in [0.05, 0.1) is 4.47 Å². The van der Waals surface area contributed by atoms with Crippen LogP contribution in [0, 0.1) is 5.82 Å². The first-order chi connectivity index (χ1) is 6.57. The number of hydrogen-bond acceptors (Lipinski definition) is 3. The molecule has 0 atom stereocenters. The number of halogens is 2. The molecule has 5 heteroatoms. The number of rotatable bonds is 3. The Balaban J connectivity index is 3.09. The van der Waals surface area contributed by atoms with Crippen molar-refractivity contribution in [1.29, 1.82) is 0 Å². The molecule has 0 aliphatic carbocycles. The van der Waals surface area contributed by atoms with Crippen LogP contribution in [-0.4, -0.2) is 16.8 Å². The van der Waals surface area contributed by atoms with Gasteiger partial charge in [0, 0.05) is 11.6 Å². The van der Waals surface area contributed by atoms with Crippen molar-refractivity contribution in [2.45, 2.75) is 12.8 Å². The molecule has 0 aliphatic heterocycles. The molecule has 0 unspecified atom stereocenters. The van der Waals surface area contributed by atoms with E-state index in [1.165, 1.54) is 0 Å². The van der Waals surface area contributed by atoms with Gasteiger partial charge in [0.15, 0.2) is 11.5 Å². The second-order valence-corrected chi connectivity index (χ2v) is 3.70. The van der Waals surface area contributed by atoms with E-state index in [9.17, 15) is 9.50 Å². The first-order valence-electron chi connectivity index (χ1n) is 4.16. The number of phenolic OH excluding ortho intramolecular Hbond substituents is 2. The van der Waals surface area contributed by atoms with Gasteiger partial charge in [0.1, 0.15) is 5.82 Å². The summed E-state index contributed by atoms with van der Waals surface area (Å²) in [5, 5.41) is 18.4. The molecular weight excluding hydrogens is 253 g/mol. The molecule has 78 valence electrons. The third-order valence-electron chi connectivity index (χ3n) is 1.90. The minimum absolute atomic E-state index is 0.198. The van der Waals surface area contributed by atoms with Crippen molar-refractivity contribution in [1.82, 2.24) is 0 Å². The molecule has 0 saturated heterocycles. The van der Waals surface area contributed by atoms with E-state index in [1.807, 2.05) is 0 Å². The molecule has 0 bridgehead atoms. The number of hydrogen-bond donors (Lipinski definition) is 3. The molecule has 0 saturated carbocycles. The van der Waals surface area contributed by atoms with Crippen LogP contribution in [0.2, 0.25) is 0 Å². The van der Waals surface area contributed by atoms with Crippen LogP contribution in [0.1, 0.15) is 12.0 Å². The van der Waals surface area contributed by atoms with Gasteiger partial charge >= 0.3 is 0 Å². The van der Waals surface area contributed by atoms with Crippen molar-refractivity contribution in [3.63, 3.8) is 0 Å².